The van der Waals surface area contributed by atoms with E-state index in [-0.39, 0.29) is 12.4 Å². The highest BCUT2D eigenvalue weighted by atomic mass is 16.7. The lowest BCUT2D eigenvalue weighted by molar-refractivity contribution is -0.194. The lowest BCUT2D eigenvalue weighted by Crippen LogP contribution is -2.28. The maximum Gasteiger partial charge on any atom is 0.158 e. The third-order valence-electron chi connectivity index (χ3n) is 2.99. The molecule has 3 heteroatoms. The molecule has 1 fully saturated rings. The Kier molecular flexibility index (Phi) is 5.65. The van der Waals surface area contributed by atoms with Crippen LogP contribution in [0.15, 0.2) is 30.3 Å². The van der Waals surface area contributed by atoms with E-state index >= 15 is 0 Å². The Bertz CT molecular complexity index is 320. The number of hydrogen-bond donors (Lipinski definition) is 0. The third-order valence-corrected chi connectivity index (χ3v) is 2.99. The molecule has 18 heavy (non-hydrogen) atoms. The molecule has 1 aliphatic rings. The van der Waals surface area contributed by atoms with E-state index in [1.807, 2.05) is 25.1 Å². The predicted molar refractivity (Wildman–Crippen MR) is 70.2 cm³/mol. The van der Waals surface area contributed by atoms with Crippen LogP contribution in [-0.4, -0.2) is 25.6 Å². The van der Waals surface area contributed by atoms with Crippen LogP contribution in [0.5, 0.6) is 0 Å². The molecule has 2 atom stereocenters. The summed E-state index contributed by atoms with van der Waals surface area (Å²) >= 11 is 0. The summed E-state index contributed by atoms with van der Waals surface area (Å²) in [6.07, 6.45) is 3.40. The lowest BCUT2D eigenvalue weighted by Gasteiger charge is -2.25. The molecule has 1 aliphatic heterocycles. The normalized spacial score (nSPS) is 21.7. The van der Waals surface area contributed by atoms with Gasteiger partial charge in [-0.25, -0.2) is 0 Å². The lowest BCUT2D eigenvalue weighted by atomic mass is 10.2. The third kappa shape index (κ3) is 4.77. The number of benzene rings is 1. The minimum atomic E-state index is -0.0333. The molecule has 1 aromatic carbocycles. The van der Waals surface area contributed by atoms with E-state index < -0.39 is 0 Å². The van der Waals surface area contributed by atoms with Gasteiger partial charge in [0.2, 0.25) is 0 Å². The van der Waals surface area contributed by atoms with Gasteiger partial charge in [0.25, 0.3) is 0 Å². The van der Waals surface area contributed by atoms with Gasteiger partial charge in [0.05, 0.1) is 19.3 Å². The van der Waals surface area contributed by atoms with Crippen LogP contribution in [0.1, 0.15) is 31.7 Å². The average Bonchev–Trinajstić information content (AvgIpc) is 2.41. The highest BCUT2D eigenvalue weighted by Gasteiger charge is 2.17. The van der Waals surface area contributed by atoms with E-state index in [0.717, 1.165) is 19.4 Å². The Morgan fingerprint density at radius 3 is 2.83 bits per heavy atom. The van der Waals surface area contributed by atoms with Crippen LogP contribution in [0, 0.1) is 0 Å². The molecule has 1 saturated heterocycles. The molecule has 0 radical (unpaired) electrons. The van der Waals surface area contributed by atoms with Crippen LogP contribution in [0.2, 0.25) is 0 Å². The van der Waals surface area contributed by atoms with Gasteiger partial charge >= 0.3 is 0 Å². The van der Waals surface area contributed by atoms with E-state index in [0.29, 0.717) is 13.2 Å². The van der Waals surface area contributed by atoms with Gasteiger partial charge in [0.15, 0.2) is 6.29 Å². The molecule has 1 aromatic rings. The summed E-state index contributed by atoms with van der Waals surface area (Å²) < 4.78 is 17.0. The van der Waals surface area contributed by atoms with E-state index in [4.69, 9.17) is 14.2 Å². The Morgan fingerprint density at radius 1 is 1.28 bits per heavy atom. The minimum Gasteiger partial charge on any atom is -0.374 e. The second kappa shape index (κ2) is 7.52. The summed E-state index contributed by atoms with van der Waals surface area (Å²) in [4.78, 5) is 0. The molecule has 0 unspecified atom stereocenters. The molecule has 0 bridgehead atoms. The molecular weight excluding hydrogens is 228 g/mol. The summed E-state index contributed by atoms with van der Waals surface area (Å²) in [5, 5.41) is 0. The zero-order chi connectivity index (χ0) is 12.6. The standard InChI is InChI=1S/C15H22O3/c1-13(18-15-9-5-6-10-17-15)11-16-12-14-7-3-2-4-8-14/h2-4,7-8,13,15H,5-6,9-12H2,1H3/t13-,15-/m0/s1. The van der Waals surface area contributed by atoms with E-state index in [1.165, 1.54) is 12.0 Å². The first-order chi connectivity index (χ1) is 8.84. The molecule has 3 nitrogen and oxygen atoms in total. The number of hydrogen-bond acceptors (Lipinski definition) is 3. The van der Waals surface area contributed by atoms with Crippen molar-refractivity contribution >= 4 is 0 Å². The molecule has 0 amide bonds. The van der Waals surface area contributed by atoms with Gasteiger partial charge < -0.3 is 14.2 Å². The van der Waals surface area contributed by atoms with Gasteiger partial charge in [-0.3, -0.25) is 0 Å². The van der Waals surface area contributed by atoms with Crippen LogP contribution in [0.25, 0.3) is 0 Å². The molecular formula is C15H22O3. The summed E-state index contributed by atoms with van der Waals surface area (Å²) in [5.41, 5.74) is 1.19. The molecule has 100 valence electrons. The molecule has 0 aromatic heterocycles. The second-order valence-electron chi connectivity index (χ2n) is 4.74. The SMILES string of the molecule is C[C@@H](COCc1ccccc1)O[C@H]1CCCCO1. The first-order valence-electron chi connectivity index (χ1n) is 6.73. The highest BCUT2D eigenvalue weighted by molar-refractivity contribution is 5.13. The van der Waals surface area contributed by atoms with Crippen molar-refractivity contribution in [2.24, 2.45) is 0 Å². The second-order valence-corrected chi connectivity index (χ2v) is 4.74. The zero-order valence-corrected chi connectivity index (χ0v) is 11.0. The summed E-state index contributed by atoms with van der Waals surface area (Å²) in [5.74, 6) is 0. The number of ether oxygens (including phenoxy) is 3. The van der Waals surface area contributed by atoms with Crippen molar-refractivity contribution in [1.29, 1.82) is 0 Å². The Morgan fingerprint density at radius 2 is 2.11 bits per heavy atom. The van der Waals surface area contributed by atoms with Gasteiger partial charge in [0, 0.05) is 6.61 Å². The zero-order valence-electron chi connectivity index (χ0n) is 11.0. The average molecular weight is 250 g/mol. The van der Waals surface area contributed by atoms with Gasteiger partial charge in [-0.15, -0.1) is 0 Å². The van der Waals surface area contributed by atoms with Gasteiger partial charge in [0.1, 0.15) is 0 Å². The fourth-order valence-electron chi connectivity index (χ4n) is 2.03. The predicted octanol–water partition coefficient (Wildman–Crippen LogP) is 3.13. The monoisotopic (exact) mass is 250 g/mol. The summed E-state index contributed by atoms with van der Waals surface area (Å²) in [7, 11) is 0. The van der Waals surface area contributed by atoms with E-state index in [2.05, 4.69) is 12.1 Å². The molecule has 0 saturated carbocycles. The highest BCUT2D eigenvalue weighted by Crippen LogP contribution is 2.15. The molecule has 2 rings (SSSR count). The first kappa shape index (κ1) is 13.5. The van der Waals surface area contributed by atoms with E-state index in [1.54, 1.807) is 0 Å². The minimum absolute atomic E-state index is 0.0333. The van der Waals surface area contributed by atoms with Gasteiger partial charge in [-0.1, -0.05) is 30.3 Å². The number of rotatable bonds is 6. The van der Waals surface area contributed by atoms with Gasteiger partial charge in [-0.2, -0.15) is 0 Å². The summed E-state index contributed by atoms with van der Waals surface area (Å²) in [6, 6.07) is 10.2. The van der Waals surface area contributed by atoms with E-state index in [9.17, 15) is 0 Å². The van der Waals surface area contributed by atoms with Crippen LogP contribution < -0.4 is 0 Å². The maximum atomic E-state index is 5.78. The fraction of sp³-hybridized carbons (Fsp3) is 0.600. The Labute approximate surface area is 109 Å². The molecule has 0 spiro atoms. The Hall–Kier alpha value is -0.900. The smallest absolute Gasteiger partial charge is 0.158 e. The quantitative estimate of drug-likeness (QED) is 0.776. The van der Waals surface area contributed by atoms with Crippen molar-refractivity contribution in [1.82, 2.24) is 0 Å². The van der Waals surface area contributed by atoms with Crippen molar-refractivity contribution in [3.63, 3.8) is 0 Å². The van der Waals surface area contributed by atoms with Crippen molar-refractivity contribution in [2.75, 3.05) is 13.2 Å². The van der Waals surface area contributed by atoms with Crippen molar-refractivity contribution in [3.05, 3.63) is 35.9 Å². The van der Waals surface area contributed by atoms with Crippen molar-refractivity contribution in [3.8, 4) is 0 Å². The van der Waals surface area contributed by atoms with Crippen LogP contribution in [0.4, 0.5) is 0 Å². The maximum absolute atomic E-state index is 5.78. The van der Waals surface area contributed by atoms with Crippen LogP contribution >= 0.6 is 0 Å². The van der Waals surface area contributed by atoms with Crippen LogP contribution in [-0.2, 0) is 20.8 Å². The van der Waals surface area contributed by atoms with Crippen molar-refractivity contribution < 1.29 is 14.2 Å². The first-order valence-corrected chi connectivity index (χ1v) is 6.73. The van der Waals surface area contributed by atoms with Crippen molar-refractivity contribution in [2.45, 2.75) is 45.2 Å². The fourth-order valence-corrected chi connectivity index (χ4v) is 2.03. The molecule has 0 N–H and O–H groups in total. The topological polar surface area (TPSA) is 27.7 Å². The molecule has 0 aliphatic carbocycles. The largest absolute Gasteiger partial charge is 0.374 e. The van der Waals surface area contributed by atoms with Crippen LogP contribution in [0.3, 0.4) is 0 Å². The Balaban J connectivity index is 1.61. The summed E-state index contributed by atoms with van der Waals surface area (Å²) in [6.45, 7) is 4.10. The molecule has 1 heterocycles. The van der Waals surface area contributed by atoms with Gasteiger partial charge in [-0.05, 0) is 31.7 Å².